The van der Waals surface area contributed by atoms with Crippen LogP contribution >= 0.6 is 0 Å². The summed E-state index contributed by atoms with van der Waals surface area (Å²) < 4.78 is 0. The molecular weight excluding hydrogens is 138 g/mol. The Balaban J connectivity index is 4.14. The molecule has 0 aromatic rings. The fraction of sp³-hybridized carbons (Fsp3) is 0.667. The minimum absolute atomic E-state index is 0.150. The lowest BCUT2D eigenvalue weighted by Crippen LogP contribution is -2.17. The maximum atomic E-state index is 10.8. The van der Waals surface area contributed by atoms with Gasteiger partial charge in [-0.05, 0) is 27.7 Å². The molecule has 0 aliphatic heterocycles. The van der Waals surface area contributed by atoms with Crippen LogP contribution in [0.25, 0.3) is 0 Å². The van der Waals surface area contributed by atoms with Crippen molar-refractivity contribution in [1.82, 2.24) is 4.90 Å². The Morgan fingerprint density at radius 3 is 2.00 bits per heavy atom. The number of hydrogen-bond acceptors (Lipinski definition) is 2. The summed E-state index contributed by atoms with van der Waals surface area (Å²) in [4.78, 5) is 12.9. The van der Waals surface area contributed by atoms with Crippen molar-refractivity contribution in [3.63, 3.8) is 0 Å². The van der Waals surface area contributed by atoms with Crippen LogP contribution in [0.2, 0.25) is 0 Å². The van der Waals surface area contributed by atoms with Crippen LogP contribution in [0, 0.1) is 0 Å². The third-order valence-electron chi connectivity index (χ3n) is 1.74. The summed E-state index contributed by atoms with van der Waals surface area (Å²) >= 11 is 0. The molecule has 0 atom stereocenters. The molecule has 64 valence electrons. The second kappa shape index (κ2) is 4.94. The van der Waals surface area contributed by atoms with E-state index in [0.29, 0.717) is 0 Å². The monoisotopic (exact) mass is 155 g/mol. The molecule has 0 saturated carbocycles. The van der Waals surface area contributed by atoms with E-state index in [1.54, 1.807) is 6.92 Å². The molecule has 0 heterocycles. The van der Waals surface area contributed by atoms with E-state index in [0.717, 1.165) is 18.7 Å². The van der Waals surface area contributed by atoms with Crippen molar-refractivity contribution in [3.8, 4) is 0 Å². The van der Waals surface area contributed by atoms with Crippen molar-refractivity contribution in [3.05, 3.63) is 11.8 Å². The number of carbonyl (C=O) groups is 1. The van der Waals surface area contributed by atoms with E-state index in [1.165, 1.54) is 0 Å². The van der Waals surface area contributed by atoms with Gasteiger partial charge in [0.2, 0.25) is 0 Å². The number of carbonyl (C=O) groups excluding carboxylic acids is 1. The minimum Gasteiger partial charge on any atom is -0.378 e. The van der Waals surface area contributed by atoms with Gasteiger partial charge in [0, 0.05) is 24.9 Å². The Morgan fingerprint density at radius 2 is 1.73 bits per heavy atom. The van der Waals surface area contributed by atoms with Crippen molar-refractivity contribution in [2.75, 3.05) is 13.1 Å². The van der Waals surface area contributed by atoms with Crippen LogP contribution in [0.4, 0.5) is 0 Å². The lowest BCUT2D eigenvalue weighted by atomic mass is 10.2. The minimum atomic E-state index is 0.150. The van der Waals surface area contributed by atoms with Gasteiger partial charge in [0.1, 0.15) is 0 Å². The van der Waals surface area contributed by atoms with E-state index < -0.39 is 0 Å². The Labute approximate surface area is 68.9 Å². The summed E-state index contributed by atoms with van der Waals surface area (Å²) in [6.45, 7) is 9.51. The van der Waals surface area contributed by atoms with Crippen molar-refractivity contribution in [2.24, 2.45) is 0 Å². The zero-order valence-electron chi connectivity index (χ0n) is 7.85. The summed E-state index contributed by atoms with van der Waals surface area (Å²) in [5.41, 5.74) is 0.828. The highest BCUT2D eigenvalue weighted by molar-refractivity contribution is 5.92. The van der Waals surface area contributed by atoms with Crippen molar-refractivity contribution in [1.29, 1.82) is 0 Å². The first-order valence-corrected chi connectivity index (χ1v) is 4.05. The first-order chi connectivity index (χ1) is 5.11. The van der Waals surface area contributed by atoms with Crippen LogP contribution in [0.15, 0.2) is 11.8 Å². The molecule has 11 heavy (non-hydrogen) atoms. The highest BCUT2D eigenvalue weighted by Crippen LogP contribution is 1.97. The molecule has 0 N–H and O–H groups in total. The zero-order chi connectivity index (χ0) is 8.85. The van der Waals surface area contributed by atoms with Crippen molar-refractivity contribution >= 4 is 5.78 Å². The van der Waals surface area contributed by atoms with Gasteiger partial charge in [0.15, 0.2) is 5.78 Å². The van der Waals surface area contributed by atoms with E-state index in [4.69, 9.17) is 0 Å². The Kier molecular flexibility index (Phi) is 4.59. The van der Waals surface area contributed by atoms with Crippen molar-refractivity contribution < 1.29 is 4.79 Å². The maximum absolute atomic E-state index is 10.8. The summed E-state index contributed by atoms with van der Waals surface area (Å²) in [5.74, 6) is 0.150. The number of allylic oxidation sites excluding steroid dienone is 1. The van der Waals surface area contributed by atoms with Gasteiger partial charge in [-0.2, -0.15) is 0 Å². The van der Waals surface area contributed by atoms with Gasteiger partial charge in [0.25, 0.3) is 0 Å². The molecule has 0 aromatic carbocycles. The van der Waals surface area contributed by atoms with E-state index in [1.807, 2.05) is 13.1 Å². The van der Waals surface area contributed by atoms with Crippen LogP contribution in [0.1, 0.15) is 27.7 Å². The first-order valence-electron chi connectivity index (χ1n) is 4.05. The van der Waals surface area contributed by atoms with Crippen LogP contribution < -0.4 is 0 Å². The Hall–Kier alpha value is -0.790. The predicted octanol–water partition coefficient (Wildman–Crippen LogP) is 1.82. The number of Topliss-reactive ketones (excluding diaryl/α,β-unsaturated/α-hetero) is 1. The maximum Gasteiger partial charge on any atom is 0.156 e. The van der Waals surface area contributed by atoms with Gasteiger partial charge in [-0.15, -0.1) is 0 Å². The predicted molar refractivity (Wildman–Crippen MR) is 47.4 cm³/mol. The first kappa shape index (κ1) is 10.2. The van der Waals surface area contributed by atoms with E-state index >= 15 is 0 Å². The molecule has 2 nitrogen and oxygen atoms in total. The molecule has 0 unspecified atom stereocenters. The van der Waals surface area contributed by atoms with Crippen LogP contribution in [-0.2, 0) is 4.79 Å². The summed E-state index contributed by atoms with van der Waals surface area (Å²) in [5, 5.41) is 0. The highest BCUT2D eigenvalue weighted by atomic mass is 16.1. The molecule has 0 bridgehead atoms. The molecular formula is C9H17NO. The summed E-state index contributed by atoms with van der Waals surface area (Å²) in [7, 11) is 0. The number of hydrogen-bond donors (Lipinski definition) is 0. The van der Waals surface area contributed by atoms with Gasteiger partial charge in [0.05, 0.1) is 0 Å². The average molecular weight is 155 g/mol. The Morgan fingerprint density at radius 1 is 1.27 bits per heavy atom. The normalized spacial score (nSPS) is 11.5. The molecule has 0 fully saturated rings. The van der Waals surface area contributed by atoms with E-state index in [9.17, 15) is 4.79 Å². The van der Waals surface area contributed by atoms with Crippen LogP contribution in [0.5, 0.6) is 0 Å². The average Bonchev–Trinajstić information content (AvgIpc) is 1.99. The van der Waals surface area contributed by atoms with Gasteiger partial charge >= 0.3 is 0 Å². The molecule has 0 rings (SSSR count). The number of rotatable bonds is 4. The second-order valence-electron chi connectivity index (χ2n) is 2.59. The van der Waals surface area contributed by atoms with Crippen molar-refractivity contribution in [2.45, 2.75) is 27.7 Å². The number of nitrogens with zero attached hydrogens (tertiary/aromatic N) is 1. The van der Waals surface area contributed by atoms with Gasteiger partial charge in [-0.1, -0.05) is 0 Å². The molecule has 0 aliphatic carbocycles. The van der Waals surface area contributed by atoms with E-state index in [-0.39, 0.29) is 5.78 Å². The Bertz CT molecular complexity index is 157. The molecule has 0 aromatic heterocycles. The van der Waals surface area contributed by atoms with Gasteiger partial charge in [-0.3, -0.25) is 4.79 Å². The van der Waals surface area contributed by atoms with E-state index in [2.05, 4.69) is 18.7 Å². The smallest absolute Gasteiger partial charge is 0.156 e. The molecule has 0 aliphatic rings. The lowest BCUT2D eigenvalue weighted by Gasteiger charge is -2.15. The SMILES string of the molecule is CCN(C=C(C)C(C)=O)CC. The molecule has 0 amide bonds. The summed E-state index contributed by atoms with van der Waals surface area (Å²) in [6, 6.07) is 0. The van der Waals surface area contributed by atoms with Gasteiger partial charge in [-0.25, -0.2) is 0 Å². The molecule has 0 saturated heterocycles. The standard InChI is InChI=1S/C9H17NO/c1-5-10(6-2)7-8(3)9(4)11/h7H,5-6H2,1-4H3. The zero-order valence-corrected chi connectivity index (χ0v) is 7.85. The molecule has 2 heteroatoms. The molecule has 0 radical (unpaired) electrons. The second-order valence-corrected chi connectivity index (χ2v) is 2.59. The van der Waals surface area contributed by atoms with Crippen LogP contribution in [0.3, 0.4) is 0 Å². The third-order valence-corrected chi connectivity index (χ3v) is 1.74. The largest absolute Gasteiger partial charge is 0.378 e. The lowest BCUT2D eigenvalue weighted by molar-refractivity contribution is -0.113. The quantitative estimate of drug-likeness (QED) is 0.577. The highest BCUT2D eigenvalue weighted by Gasteiger charge is 1.97. The number of ketones is 1. The summed E-state index contributed by atoms with van der Waals surface area (Å²) in [6.07, 6.45) is 1.92. The fourth-order valence-corrected chi connectivity index (χ4v) is 0.771. The topological polar surface area (TPSA) is 20.3 Å². The van der Waals surface area contributed by atoms with Crippen LogP contribution in [-0.4, -0.2) is 23.8 Å². The van der Waals surface area contributed by atoms with Gasteiger partial charge < -0.3 is 4.90 Å². The third kappa shape index (κ3) is 3.81. The fourth-order valence-electron chi connectivity index (χ4n) is 0.771. The molecule has 0 spiro atoms.